The molecule has 6 nitrogen and oxygen atoms in total. The predicted octanol–water partition coefficient (Wildman–Crippen LogP) is 2.85. The topological polar surface area (TPSA) is 60.0 Å². The van der Waals surface area contributed by atoms with Gasteiger partial charge in [0.1, 0.15) is 19.0 Å². The van der Waals surface area contributed by atoms with E-state index in [2.05, 4.69) is 5.32 Å². The number of carbonyl (C=O) groups is 1. The van der Waals surface area contributed by atoms with Gasteiger partial charge in [0, 0.05) is 20.1 Å². The first-order valence-electron chi connectivity index (χ1n) is 8.66. The monoisotopic (exact) mass is 356 g/mol. The second-order valence-electron chi connectivity index (χ2n) is 6.16. The fraction of sp³-hybridized carbons (Fsp3) is 0.350. The molecule has 0 atom stereocenters. The minimum absolute atomic E-state index is 0.103. The van der Waals surface area contributed by atoms with Crippen molar-refractivity contribution in [3.63, 3.8) is 0 Å². The zero-order chi connectivity index (χ0) is 18.4. The molecule has 2 aromatic rings. The number of amides is 2. The summed E-state index contributed by atoms with van der Waals surface area (Å²) in [6.07, 6.45) is 0.771. The van der Waals surface area contributed by atoms with Crippen LogP contribution in [0, 0.1) is 0 Å². The van der Waals surface area contributed by atoms with Crippen LogP contribution in [0.25, 0.3) is 0 Å². The van der Waals surface area contributed by atoms with Gasteiger partial charge in [0.2, 0.25) is 0 Å². The normalized spacial score (nSPS) is 12.4. The van der Waals surface area contributed by atoms with Crippen LogP contribution in [0.15, 0.2) is 42.5 Å². The molecule has 1 heterocycles. The van der Waals surface area contributed by atoms with Gasteiger partial charge in [0.15, 0.2) is 11.5 Å². The van der Waals surface area contributed by atoms with E-state index in [4.69, 9.17) is 14.2 Å². The number of ether oxygens (including phenoxy) is 3. The number of nitrogens with zero attached hydrogens (tertiary/aromatic N) is 1. The smallest absolute Gasteiger partial charge is 0.317 e. The van der Waals surface area contributed by atoms with Crippen molar-refractivity contribution in [3.8, 4) is 17.2 Å². The molecule has 0 saturated carbocycles. The zero-order valence-corrected chi connectivity index (χ0v) is 15.2. The first-order valence-corrected chi connectivity index (χ1v) is 8.66. The molecular weight excluding hydrogens is 332 g/mol. The van der Waals surface area contributed by atoms with Crippen LogP contribution in [0.1, 0.15) is 11.1 Å². The van der Waals surface area contributed by atoms with Crippen molar-refractivity contribution in [2.45, 2.75) is 13.0 Å². The van der Waals surface area contributed by atoms with E-state index in [1.165, 1.54) is 0 Å². The molecule has 3 rings (SSSR count). The van der Waals surface area contributed by atoms with Crippen molar-refractivity contribution < 1.29 is 19.0 Å². The fourth-order valence-electron chi connectivity index (χ4n) is 2.77. The van der Waals surface area contributed by atoms with Crippen LogP contribution in [0.4, 0.5) is 4.79 Å². The highest BCUT2D eigenvalue weighted by Gasteiger charge is 2.14. The molecule has 2 amide bonds. The van der Waals surface area contributed by atoms with Crippen molar-refractivity contribution in [1.82, 2.24) is 10.2 Å². The Morgan fingerprint density at radius 2 is 1.77 bits per heavy atom. The van der Waals surface area contributed by atoms with Gasteiger partial charge in [-0.05, 0) is 41.8 Å². The summed E-state index contributed by atoms with van der Waals surface area (Å²) < 4.78 is 16.2. The lowest BCUT2D eigenvalue weighted by Gasteiger charge is -2.21. The molecular formula is C20H24N2O4. The quantitative estimate of drug-likeness (QED) is 0.865. The number of benzene rings is 2. The molecule has 1 aliphatic heterocycles. The lowest BCUT2D eigenvalue weighted by Crippen LogP contribution is -2.37. The summed E-state index contributed by atoms with van der Waals surface area (Å²) in [4.78, 5) is 13.9. The van der Waals surface area contributed by atoms with E-state index in [0.717, 1.165) is 34.8 Å². The van der Waals surface area contributed by atoms with Gasteiger partial charge in [-0.25, -0.2) is 4.79 Å². The molecule has 6 heteroatoms. The van der Waals surface area contributed by atoms with Gasteiger partial charge in [0.05, 0.1) is 7.11 Å². The van der Waals surface area contributed by atoms with Gasteiger partial charge in [0.25, 0.3) is 0 Å². The van der Waals surface area contributed by atoms with E-state index < -0.39 is 0 Å². The van der Waals surface area contributed by atoms with Gasteiger partial charge in [-0.1, -0.05) is 18.2 Å². The number of fused-ring (bicyclic) bond motifs is 1. The molecule has 0 fully saturated rings. The van der Waals surface area contributed by atoms with Crippen LogP contribution in [0.3, 0.4) is 0 Å². The van der Waals surface area contributed by atoms with E-state index in [1.54, 1.807) is 19.1 Å². The Bertz CT molecular complexity index is 746. The maximum absolute atomic E-state index is 12.3. The minimum Gasteiger partial charge on any atom is -0.497 e. The molecule has 1 aliphatic rings. The summed E-state index contributed by atoms with van der Waals surface area (Å²) in [5.41, 5.74) is 2.16. The minimum atomic E-state index is -0.103. The number of urea groups is 1. The van der Waals surface area contributed by atoms with E-state index in [9.17, 15) is 4.79 Å². The fourth-order valence-corrected chi connectivity index (χ4v) is 2.77. The second kappa shape index (κ2) is 8.47. The standard InChI is InChI=1S/C20H24N2O4/c1-22(14-16-5-8-18-19(13-16)26-12-11-25-18)20(23)21-10-9-15-3-6-17(24-2)7-4-15/h3-8,13H,9-12,14H2,1-2H3,(H,21,23). The van der Waals surface area contributed by atoms with Crippen LogP contribution in [0.2, 0.25) is 0 Å². The summed E-state index contributed by atoms with van der Waals surface area (Å²) in [6.45, 7) is 2.21. The molecule has 0 unspecified atom stereocenters. The Kier molecular flexibility index (Phi) is 5.84. The molecule has 0 bridgehead atoms. The number of hydrogen-bond acceptors (Lipinski definition) is 4. The van der Waals surface area contributed by atoms with Gasteiger partial charge < -0.3 is 24.4 Å². The maximum Gasteiger partial charge on any atom is 0.317 e. The summed E-state index contributed by atoms with van der Waals surface area (Å²) in [5.74, 6) is 2.32. The highest BCUT2D eigenvalue weighted by Crippen LogP contribution is 2.31. The van der Waals surface area contributed by atoms with Gasteiger partial charge in [-0.15, -0.1) is 0 Å². The SMILES string of the molecule is COc1ccc(CCNC(=O)N(C)Cc2ccc3c(c2)OCCO3)cc1. The van der Waals surface area contributed by atoms with E-state index in [0.29, 0.717) is 26.3 Å². The zero-order valence-electron chi connectivity index (χ0n) is 15.2. The van der Waals surface area contributed by atoms with E-state index in [-0.39, 0.29) is 6.03 Å². The Morgan fingerprint density at radius 3 is 2.50 bits per heavy atom. The Labute approximate surface area is 153 Å². The predicted molar refractivity (Wildman–Crippen MR) is 99.0 cm³/mol. The van der Waals surface area contributed by atoms with E-state index >= 15 is 0 Å². The molecule has 26 heavy (non-hydrogen) atoms. The van der Waals surface area contributed by atoms with Crippen molar-refractivity contribution in [2.24, 2.45) is 0 Å². The largest absolute Gasteiger partial charge is 0.497 e. The van der Waals surface area contributed by atoms with Gasteiger partial charge in [-0.3, -0.25) is 0 Å². The highest BCUT2D eigenvalue weighted by molar-refractivity contribution is 5.73. The summed E-state index contributed by atoms with van der Waals surface area (Å²) in [6, 6.07) is 13.5. The summed E-state index contributed by atoms with van der Waals surface area (Å²) in [7, 11) is 3.42. The summed E-state index contributed by atoms with van der Waals surface area (Å²) in [5, 5.41) is 2.94. The van der Waals surface area contributed by atoms with Crippen molar-refractivity contribution in [1.29, 1.82) is 0 Å². The number of nitrogens with one attached hydrogen (secondary N) is 1. The molecule has 0 radical (unpaired) electrons. The number of carbonyl (C=O) groups excluding carboxylic acids is 1. The van der Waals surface area contributed by atoms with Crippen molar-refractivity contribution in [3.05, 3.63) is 53.6 Å². The van der Waals surface area contributed by atoms with Crippen LogP contribution in [0.5, 0.6) is 17.2 Å². The average Bonchev–Trinajstić information content (AvgIpc) is 2.68. The molecule has 2 aromatic carbocycles. The third-order valence-electron chi connectivity index (χ3n) is 4.22. The molecule has 138 valence electrons. The maximum atomic E-state index is 12.3. The first kappa shape index (κ1) is 17.9. The summed E-state index contributed by atoms with van der Waals surface area (Å²) >= 11 is 0. The Morgan fingerprint density at radius 1 is 1.08 bits per heavy atom. The molecule has 0 aromatic heterocycles. The highest BCUT2D eigenvalue weighted by atomic mass is 16.6. The average molecular weight is 356 g/mol. The number of methoxy groups -OCH3 is 1. The lowest BCUT2D eigenvalue weighted by molar-refractivity contribution is 0.171. The lowest BCUT2D eigenvalue weighted by atomic mass is 10.1. The molecule has 0 aliphatic carbocycles. The van der Waals surface area contributed by atoms with Crippen LogP contribution < -0.4 is 19.5 Å². The van der Waals surface area contributed by atoms with Crippen molar-refractivity contribution in [2.75, 3.05) is 33.9 Å². The van der Waals surface area contributed by atoms with Crippen molar-refractivity contribution >= 4 is 6.03 Å². The van der Waals surface area contributed by atoms with Crippen LogP contribution in [-0.4, -0.2) is 44.8 Å². The third-order valence-corrected chi connectivity index (χ3v) is 4.22. The van der Waals surface area contributed by atoms with Gasteiger partial charge >= 0.3 is 6.03 Å². The Balaban J connectivity index is 1.46. The Hall–Kier alpha value is -2.89. The third kappa shape index (κ3) is 4.59. The van der Waals surface area contributed by atoms with E-state index in [1.807, 2.05) is 42.5 Å². The molecule has 0 spiro atoms. The first-order chi connectivity index (χ1) is 12.7. The number of rotatable bonds is 6. The molecule has 1 N–H and O–H groups in total. The second-order valence-corrected chi connectivity index (χ2v) is 6.16. The molecule has 0 saturated heterocycles. The van der Waals surface area contributed by atoms with Crippen LogP contribution >= 0.6 is 0 Å². The van der Waals surface area contributed by atoms with Crippen LogP contribution in [-0.2, 0) is 13.0 Å². The number of hydrogen-bond donors (Lipinski definition) is 1. The van der Waals surface area contributed by atoms with Gasteiger partial charge in [-0.2, -0.15) is 0 Å².